The maximum absolute atomic E-state index is 12.7. The Morgan fingerprint density at radius 3 is 2.51 bits per heavy atom. The monoisotopic (exact) mass is 499 g/mol. The molecule has 9 heteroatoms. The van der Waals surface area contributed by atoms with Crippen molar-refractivity contribution in [3.63, 3.8) is 0 Å². The lowest BCUT2D eigenvalue weighted by Crippen LogP contribution is -2.29. The van der Waals surface area contributed by atoms with E-state index in [1.807, 2.05) is 12.1 Å². The quantitative estimate of drug-likeness (QED) is 0.272. The second kappa shape index (κ2) is 8.93. The van der Waals surface area contributed by atoms with Crippen LogP contribution in [0.1, 0.15) is 46.1 Å². The molecule has 1 aliphatic rings. The number of imidazole rings is 1. The molecule has 0 amide bonds. The van der Waals surface area contributed by atoms with Crippen LogP contribution in [0.25, 0.3) is 22.3 Å². The first-order chi connectivity index (χ1) is 16.6. The maximum atomic E-state index is 12.7. The number of anilines is 2. The number of halogens is 3. The van der Waals surface area contributed by atoms with Crippen LogP contribution in [0.15, 0.2) is 59.6 Å². The van der Waals surface area contributed by atoms with Crippen LogP contribution in [0.4, 0.5) is 24.8 Å². The van der Waals surface area contributed by atoms with Gasteiger partial charge in [-0.25, -0.2) is 4.98 Å². The molecule has 2 unspecified atom stereocenters. The summed E-state index contributed by atoms with van der Waals surface area (Å²) >= 11 is -0.111. The average Bonchev–Trinajstić information content (AvgIpc) is 3.40. The highest BCUT2D eigenvalue weighted by Gasteiger charge is 2.35. The summed E-state index contributed by atoms with van der Waals surface area (Å²) in [5.74, 6) is 1.28. The van der Waals surface area contributed by atoms with Gasteiger partial charge in [0.2, 0.25) is 5.95 Å². The number of hydrogen-bond donors (Lipinski definition) is 2. The number of fused-ring (bicyclic) bond motifs is 1. The van der Waals surface area contributed by atoms with Crippen molar-refractivity contribution in [1.82, 2.24) is 19.7 Å². The van der Waals surface area contributed by atoms with Gasteiger partial charge in [0, 0.05) is 28.4 Å². The van der Waals surface area contributed by atoms with E-state index in [0.29, 0.717) is 17.6 Å². The molecular formula is C26H28F3N5S. The summed E-state index contributed by atoms with van der Waals surface area (Å²) in [6, 6.07) is 14.7. The smallest absolute Gasteiger partial charge is 0.326 e. The fraction of sp³-hybridized carbons (Fsp3) is 0.385. The predicted octanol–water partition coefficient (Wildman–Crippen LogP) is 8.17. The summed E-state index contributed by atoms with van der Waals surface area (Å²) in [5.41, 5.74) is 0.417. The topological polar surface area (TPSA) is 58.5 Å². The van der Waals surface area contributed by atoms with Gasteiger partial charge in [0.15, 0.2) is 0 Å². The Morgan fingerprint density at radius 2 is 1.86 bits per heavy atom. The van der Waals surface area contributed by atoms with Gasteiger partial charge in [0.05, 0.1) is 16.7 Å². The highest BCUT2D eigenvalue weighted by molar-refractivity contribution is 8.00. The van der Waals surface area contributed by atoms with Crippen molar-refractivity contribution in [3.8, 4) is 11.3 Å². The SMILES string of the molecule is CC1CC(n2c(Nc3ccc(SC(F)(F)F)cc3)nc3cc(-c4ccn[nH]4)ccc32)CC(C)(C)C1. The van der Waals surface area contributed by atoms with Crippen LogP contribution in [0, 0.1) is 11.3 Å². The summed E-state index contributed by atoms with van der Waals surface area (Å²) in [6.45, 7) is 6.93. The zero-order valence-corrected chi connectivity index (χ0v) is 20.7. The first-order valence-corrected chi connectivity index (χ1v) is 12.5. The number of aromatic nitrogens is 4. The Kier molecular flexibility index (Phi) is 6.07. The highest BCUT2D eigenvalue weighted by Crippen LogP contribution is 2.46. The minimum atomic E-state index is -4.31. The maximum Gasteiger partial charge on any atom is 0.446 e. The molecule has 0 spiro atoms. The van der Waals surface area contributed by atoms with Crippen LogP contribution in [0.2, 0.25) is 0 Å². The van der Waals surface area contributed by atoms with E-state index in [0.717, 1.165) is 35.1 Å². The summed E-state index contributed by atoms with van der Waals surface area (Å²) in [6.07, 6.45) is 4.98. The number of benzene rings is 2. The van der Waals surface area contributed by atoms with E-state index in [-0.39, 0.29) is 28.1 Å². The van der Waals surface area contributed by atoms with Gasteiger partial charge < -0.3 is 9.88 Å². The van der Waals surface area contributed by atoms with E-state index >= 15 is 0 Å². The molecule has 0 bridgehead atoms. The summed E-state index contributed by atoms with van der Waals surface area (Å²) < 4.78 is 40.4. The van der Waals surface area contributed by atoms with Gasteiger partial charge in [-0.1, -0.05) is 26.8 Å². The Labute approximate surface area is 206 Å². The molecule has 5 rings (SSSR count). The van der Waals surface area contributed by atoms with Crippen molar-refractivity contribution < 1.29 is 13.2 Å². The third kappa shape index (κ3) is 5.34. The van der Waals surface area contributed by atoms with Crippen molar-refractivity contribution in [2.75, 3.05) is 5.32 Å². The number of nitrogens with zero attached hydrogens (tertiary/aromatic N) is 3. The second-order valence-corrected chi connectivity index (χ2v) is 11.4. The lowest BCUT2D eigenvalue weighted by atomic mass is 9.70. The minimum Gasteiger partial charge on any atom is -0.326 e. The van der Waals surface area contributed by atoms with Crippen molar-refractivity contribution in [1.29, 1.82) is 0 Å². The van der Waals surface area contributed by atoms with E-state index in [1.54, 1.807) is 18.3 Å². The first kappa shape index (κ1) is 23.8. The number of hydrogen-bond acceptors (Lipinski definition) is 4. The normalized spacial score (nSPS) is 20.3. The molecular weight excluding hydrogens is 471 g/mol. The van der Waals surface area contributed by atoms with Crippen molar-refractivity contribution in [3.05, 3.63) is 54.7 Å². The van der Waals surface area contributed by atoms with Gasteiger partial charge in [-0.15, -0.1) is 0 Å². The van der Waals surface area contributed by atoms with Gasteiger partial charge in [0.1, 0.15) is 0 Å². The number of thioether (sulfide) groups is 1. The van der Waals surface area contributed by atoms with Crippen LogP contribution in [-0.2, 0) is 0 Å². The van der Waals surface area contributed by atoms with Crippen LogP contribution < -0.4 is 5.32 Å². The molecule has 4 aromatic rings. The number of alkyl halides is 3. The van der Waals surface area contributed by atoms with Gasteiger partial charge in [-0.05, 0) is 84.8 Å². The van der Waals surface area contributed by atoms with Crippen molar-refractivity contribution >= 4 is 34.4 Å². The lowest BCUT2D eigenvalue weighted by Gasteiger charge is -2.40. The molecule has 5 nitrogen and oxygen atoms in total. The van der Waals surface area contributed by atoms with Crippen LogP contribution in [0.5, 0.6) is 0 Å². The fourth-order valence-corrected chi connectivity index (χ4v) is 6.04. The largest absolute Gasteiger partial charge is 0.446 e. The molecule has 2 aromatic carbocycles. The van der Waals surface area contributed by atoms with Gasteiger partial charge >= 0.3 is 5.51 Å². The third-order valence-electron chi connectivity index (χ3n) is 6.57. The third-order valence-corrected chi connectivity index (χ3v) is 7.31. The van der Waals surface area contributed by atoms with Crippen molar-refractivity contribution in [2.45, 2.75) is 56.5 Å². The molecule has 0 aliphatic heterocycles. The summed E-state index contributed by atoms with van der Waals surface area (Å²) in [7, 11) is 0. The number of H-pyrrole nitrogens is 1. The van der Waals surface area contributed by atoms with Gasteiger partial charge in [-0.3, -0.25) is 5.10 Å². The summed E-state index contributed by atoms with van der Waals surface area (Å²) in [5, 5.41) is 10.4. The predicted molar refractivity (Wildman–Crippen MR) is 135 cm³/mol. The Bertz CT molecular complexity index is 1310. The van der Waals surface area contributed by atoms with Crippen LogP contribution in [-0.4, -0.2) is 25.3 Å². The van der Waals surface area contributed by atoms with Crippen LogP contribution in [0.3, 0.4) is 0 Å². The first-order valence-electron chi connectivity index (χ1n) is 11.7. The molecule has 184 valence electrons. The van der Waals surface area contributed by atoms with E-state index in [9.17, 15) is 13.2 Å². The summed E-state index contributed by atoms with van der Waals surface area (Å²) in [4.78, 5) is 5.10. The fourth-order valence-electron chi connectivity index (χ4n) is 5.50. The molecule has 1 fully saturated rings. The Hall–Kier alpha value is -2.94. The van der Waals surface area contributed by atoms with E-state index in [1.165, 1.54) is 18.6 Å². The molecule has 35 heavy (non-hydrogen) atoms. The van der Waals surface area contributed by atoms with Crippen LogP contribution >= 0.6 is 11.8 Å². The molecule has 2 N–H and O–H groups in total. The Morgan fingerprint density at radius 1 is 1.09 bits per heavy atom. The van der Waals surface area contributed by atoms with Gasteiger partial charge in [0.25, 0.3) is 0 Å². The molecule has 2 atom stereocenters. The zero-order valence-electron chi connectivity index (χ0n) is 19.9. The van der Waals surface area contributed by atoms with E-state index in [2.05, 4.69) is 53.0 Å². The van der Waals surface area contributed by atoms with E-state index in [4.69, 9.17) is 4.98 Å². The van der Waals surface area contributed by atoms with E-state index < -0.39 is 5.51 Å². The number of nitrogens with one attached hydrogen (secondary N) is 2. The molecule has 0 radical (unpaired) electrons. The average molecular weight is 500 g/mol. The number of aromatic amines is 1. The molecule has 1 aliphatic carbocycles. The molecule has 2 heterocycles. The minimum absolute atomic E-state index is 0.111. The second-order valence-electron chi connectivity index (χ2n) is 10.2. The molecule has 0 saturated heterocycles. The zero-order chi connectivity index (χ0) is 24.8. The molecule has 2 aromatic heterocycles. The Balaban J connectivity index is 1.54. The molecule has 1 saturated carbocycles. The van der Waals surface area contributed by atoms with Crippen molar-refractivity contribution in [2.24, 2.45) is 11.3 Å². The standard InChI is InChI=1S/C26H28F3N5S/c1-16-12-19(15-25(2,3)14-16)34-23-9-4-17(21-10-11-30-33-21)13-22(23)32-24(34)31-18-5-7-20(8-6-18)35-26(27,28)29/h4-11,13,16,19H,12,14-15H2,1-3H3,(H,30,33)(H,31,32). The number of rotatable bonds is 5. The van der Waals surface area contributed by atoms with Gasteiger partial charge in [-0.2, -0.15) is 18.3 Å². The lowest BCUT2D eigenvalue weighted by molar-refractivity contribution is -0.0328. The highest BCUT2D eigenvalue weighted by atomic mass is 32.2.